The normalized spacial score (nSPS) is 17.9. The van der Waals surface area contributed by atoms with Gasteiger partial charge in [0.2, 0.25) is 5.91 Å². The molecule has 0 bridgehead atoms. The quantitative estimate of drug-likeness (QED) is 0.895. The molecule has 1 aliphatic rings. The summed E-state index contributed by atoms with van der Waals surface area (Å²) < 4.78 is 1.76. The van der Waals surface area contributed by atoms with Crippen LogP contribution < -0.4 is 10.6 Å². The zero-order valence-electron chi connectivity index (χ0n) is 14.3. The number of anilines is 1. The van der Waals surface area contributed by atoms with E-state index in [1.54, 1.807) is 4.68 Å². The van der Waals surface area contributed by atoms with Crippen LogP contribution in [0.5, 0.6) is 0 Å². The summed E-state index contributed by atoms with van der Waals surface area (Å²) in [7, 11) is 0. The van der Waals surface area contributed by atoms with Crippen molar-refractivity contribution in [1.29, 1.82) is 0 Å². The van der Waals surface area contributed by atoms with Crippen LogP contribution in [0.1, 0.15) is 32.9 Å². The molecule has 0 spiro atoms. The Morgan fingerprint density at radius 2 is 2.17 bits per heavy atom. The summed E-state index contributed by atoms with van der Waals surface area (Å²) in [6.45, 7) is 7.92. The van der Waals surface area contributed by atoms with E-state index in [9.17, 15) is 4.79 Å². The first-order chi connectivity index (χ1) is 11.3. The van der Waals surface area contributed by atoms with Gasteiger partial charge in [0.05, 0.1) is 17.3 Å². The number of benzene rings is 1. The van der Waals surface area contributed by atoms with Crippen LogP contribution in [0.4, 0.5) is 5.82 Å². The van der Waals surface area contributed by atoms with Gasteiger partial charge in [-0.2, -0.15) is 5.10 Å². The maximum Gasteiger partial charge on any atom is 0.229 e. The van der Waals surface area contributed by atoms with Gasteiger partial charge < -0.3 is 10.6 Å². The molecule has 0 radical (unpaired) electrons. The summed E-state index contributed by atoms with van der Waals surface area (Å²) in [5.74, 6) is 0.716. The Kier molecular flexibility index (Phi) is 4.65. The second-order valence-corrected chi connectivity index (χ2v) is 7.67. The average Bonchev–Trinajstić information content (AvgIpc) is 3.16. The Labute approximate surface area is 147 Å². The van der Waals surface area contributed by atoms with E-state index in [1.807, 2.05) is 30.3 Å². The molecule has 1 aromatic heterocycles. The number of hydrogen-bond donors (Lipinski definition) is 2. The van der Waals surface area contributed by atoms with Gasteiger partial charge in [0.1, 0.15) is 5.82 Å². The van der Waals surface area contributed by atoms with E-state index in [1.165, 1.54) is 0 Å². The third-order valence-electron chi connectivity index (χ3n) is 4.21. The van der Waals surface area contributed by atoms with E-state index in [-0.39, 0.29) is 17.2 Å². The fraction of sp³-hybridized carbons (Fsp3) is 0.444. The number of amides is 1. The molecule has 128 valence electrons. The van der Waals surface area contributed by atoms with Gasteiger partial charge >= 0.3 is 0 Å². The first-order valence-electron chi connectivity index (χ1n) is 8.22. The second-order valence-electron chi connectivity index (χ2n) is 7.24. The van der Waals surface area contributed by atoms with Crippen LogP contribution in [0.25, 0.3) is 5.69 Å². The second kappa shape index (κ2) is 6.57. The minimum Gasteiger partial charge on any atom is -0.316 e. The fourth-order valence-corrected chi connectivity index (χ4v) is 2.93. The number of nitrogens with zero attached hydrogens (tertiary/aromatic N) is 2. The summed E-state index contributed by atoms with van der Waals surface area (Å²) in [5, 5.41) is 11.6. The summed E-state index contributed by atoms with van der Waals surface area (Å²) in [5.41, 5.74) is 1.64. The highest BCUT2D eigenvalue weighted by Gasteiger charge is 2.26. The number of aromatic nitrogens is 2. The van der Waals surface area contributed by atoms with Crippen molar-refractivity contribution in [2.45, 2.75) is 32.6 Å². The molecule has 1 atom stereocenters. The molecule has 1 aromatic carbocycles. The molecule has 1 aliphatic heterocycles. The predicted molar refractivity (Wildman–Crippen MR) is 96.9 cm³/mol. The Morgan fingerprint density at radius 3 is 2.79 bits per heavy atom. The molecule has 6 heteroatoms. The highest BCUT2D eigenvalue weighted by atomic mass is 35.5. The van der Waals surface area contributed by atoms with Gasteiger partial charge in [0, 0.05) is 23.0 Å². The van der Waals surface area contributed by atoms with Gasteiger partial charge in [0.25, 0.3) is 0 Å². The molecule has 0 aliphatic carbocycles. The first-order valence-corrected chi connectivity index (χ1v) is 8.60. The molecular weight excluding hydrogens is 324 g/mol. The van der Waals surface area contributed by atoms with E-state index in [0.717, 1.165) is 30.9 Å². The standard InChI is InChI=1S/C18H23ClN4O/c1-18(2,3)15-10-16(21-17(24)12-7-8-20-11-12)23(22-15)14-6-4-5-13(19)9-14/h4-6,9-10,12,20H,7-8,11H2,1-3H3,(H,21,24). The smallest absolute Gasteiger partial charge is 0.229 e. The number of carbonyl (C=O) groups is 1. The largest absolute Gasteiger partial charge is 0.316 e. The summed E-state index contributed by atoms with van der Waals surface area (Å²) >= 11 is 6.12. The monoisotopic (exact) mass is 346 g/mol. The third-order valence-corrected chi connectivity index (χ3v) is 4.45. The molecule has 1 unspecified atom stereocenters. The van der Waals surface area contributed by atoms with Gasteiger partial charge in [-0.1, -0.05) is 38.4 Å². The molecule has 2 aromatic rings. The number of carbonyl (C=O) groups excluding carboxylic acids is 1. The molecule has 1 saturated heterocycles. The summed E-state index contributed by atoms with van der Waals surface area (Å²) in [4.78, 5) is 12.5. The molecule has 1 amide bonds. The Morgan fingerprint density at radius 1 is 1.38 bits per heavy atom. The van der Waals surface area contributed by atoms with Crippen LogP contribution in [0.3, 0.4) is 0 Å². The van der Waals surface area contributed by atoms with Gasteiger partial charge in [-0.15, -0.1) is 0 Å². The highest BCUT2D eigenvalue weighted by Crippen LogP contribution is 2.27. The zero-order valence-corrected chi connectivity index (χ0v) is 15.0. The van der Waals surface area contributed by atoms with Crippen LogP contribution in [0.2, 0.25) is 5.02 Å². The highest BCUT2D eigenvalue weighted by molar-refractivity contribution is 6.30. The average molecular weight is 347 g/mol. The lowest BCUT2D eigenvalue weighted by Gasteiger charge is -2.14. The van der Waals surface area contributed by atoms with E-state index in [2.05, 4.69) is 31.4 Å². The molecule has 1 fully saturated rings. The minimum absolute atomic E-state index is 0.00537. The molecule has 3 rings (SSSR count). The third kappa shape index (κ3) is 3.62. The van der Waals surface area contributed by atoms with Crippen molar-refractivity contribution in [3.8, 4) is 5.69 Å². The van der Waals surface area contributed by atoms with E-state index >= 15 is 0 Å². The Bertz CT molecular complexity index is 742. The van der Waals surface area contributed by atoms with Crippen LogP contribution in [-0.2, 0) is 10.2 Å². The zero-order chi connectivity index (χ0) is 17.3. The van der Waals surface area contributed by atoms with Crippen molar-refractivity contribution in [2.24, 2.45) is 5.92 Å². The van der Waals surface area contributed by atoms with Gasteiger partial charge in [-0.05, 0) is 31.2 Å². The van der Waals surface area contributed by atoms with Gasteiger partial charge in [0.15, 0.2) is 0 Å². The summed E-state index contributed by atoms with van der Waals surface area (Å²) in [6, 6.07) is 9.41. The van der Waals surface area contributed by atoms with Crippen LogP contribution in [-0.4, -0.2) is 28.8 Å². The van der Waals surface area contributed by atoms with E-state index in [4.69, 9.17) is 16.7 Å². The predicted octanol–water partition coefficient (Wildman–Crippen LogP) is 3.37. The maximum atomic E-state index is 12.5. The Hall–Kier alpha value is -1.85. The lowest BCUT2D eigenvalue weighted by atomic mass is 9.92. The van der Waals surface area contributed by atoms with Crippen molar-refractivity contribution in [3.63, 3.8) is 0 Å². The minimum atomic E-state index is -0.113. The molecule has 5 nitrogen and oxygen atoms in total. The first kappa shape index (κ1) is 17.0. The molecule has 24 heavy (non-hydrogen) atoms. The molecular formula is C18H23ClN4O. The summed E-state index contributed by atoms with van der Waals surface area (Å²) in [6.07, 6.45) is 0.864. The van der Waals surface area contributed by atoms with Crippen LogP contribution in [0.15, 0.2) is 30.3 Å². The molecule has 2 heterocycles. The Balaban J connectivity index is 1.96. The topological polar surface area (TPSA) is 59.0 Å². The SMILES string of the molecule is CC(C)(C)c1cc(NC(=O)C2CCNC2)n(-c2cccc(Cl)c2)n1. The van der Waals surface area contributed by atoms with E-state index in [0.29, 0.717) is 10.8 Å². The number of halogens is 1. The van der Waals surface area contributed by atoms with Crippen molar-refractivity contribution in [2.75, 3.05) is 18.4 Å². The lowest BCUT2D eigenvalue weighted by molar-refractivity contribution is -0.119. The number of rotatable bonds is 3. The molecule has 0 saturated carbocycles. The molecule has 2 N–H and O–H groups in total. The van der Waals surface area contributed by atoms with Gasteiger partial charge in [-0.3, -0.25) is 4.79 Å². The van der Waals surface area contributed by atoms with E-state index < -0.39 is 0 Å². The lowest BCUT2D eigenvalue weighted by Crippen LogP contribution is -2.25. The van der Waals surface area contributed by atoms with Crippen molar-refractivity contribution < 1.29 is 4.79 Å². The maximum absolute atomic E-state index is 12.5. The van der Waals surface area contributed by atoms with Crippen molar-refractivity contribution >= 4 is 23.3 Å². The number of hydrogen-bond acceptors (Lipinski definition) is 3. The van der Waals surface area contributed by atoms with Crippen molar-refractivity contribution in [3.05, 3.63) is 41.0 Å². The van der Waals surface area contributed by atoms with Crippen molar-refractivity contribution in [1.82, 2.24) is 15.1 Å². The van der Waals surface area contributed by atoms with Crippen LogP contribution >= 0.6 is 11.6 Å². The van der Waals surface area contributed by atoms with Crippen LogP contribution in [0, 0.1) is 5.92 Å². The fourth-order valence-electron chi connectivity index (χ4n) is 2.75. The number of nitrogens with one attached hydrogen (secondary N) is 2. The van der Waals surface area contributed by atoms with Gasteiger partial charge in [-0.25, -0.2) is 4.68 Å².